The van der Waals surface area contributed by atoms with Gasteiger partial charge in [-0.15, -0.1) is 0 Å². The molecule has 1 saturated carbocycles. The second-order valence-electron chi connectivity index (χ2n) is 7.73. The lowest BCUT2D eigenvalue weighted by Gasteiger charge is -2.33. The summed E-state index contributed by atoms with van der Waals surface area (Å²) in [6.07, 6.45) is 1.76. The third-order valence-electron chi connectivity index (χ3n) is 6.42. The Labute approximate surface area is 157 Å². The maximum atomic E-state index is 12.8. The first-order chi connectivity index (χ1) is 13.1. The van der Waals surface area contributed by atoms with Crippen LogP contribution in [0.25, 0.3) is 11.1 Å². The Balaban J connectivity index is 1.37. The van der Waals surface area contributed by atoms with Crippen molar-refractivity contribution in [1.82, 2.24) is 4.90 Å². The molecule has 1 amide bonds. The van der Waals surface area contributed by atoms with Crippen LogP contribution in [0.3, 0.4) is 0 Å². The van der Waals surface area contributed by atoms with Crippen LogP contribution in [0.15, 0.2) is 48.5 Å². The van der Waals surface area contributed by atoms with Gasteiger partial charge in [0.25, 0.3) is 0 Å². The van der Waals surface area contributed by atoms with Gasteiger partial charge in [0.05, 0.1) is 0 Å². The maximum absolute atomic E-state index is 12.8. The normalized spacial score (nSPS) is 25.3. The van der Waals surface area contributed by atoms with Gasteiger partial charge >= 0.3 is 12.1 Å². The molecule has 0 bridgehead atoms. The maximum Gasteiger partial charge on any atom is 0.410 e. The number of aliphatic carboxylic acids is 1. The summed E-state index contributed by atoms with van der Waals surface area (Å²) in [5.74, 6) is -0.841. The highest BCUT2D eigenvalue weighted by atomic mass is 16.6. The van der Waals surface area contributed by atoms with E-state index in [9.17, 15) is 14.7 Å². The predicted molar refractivity (Wildman–Crippen MR) is 99.5 cm³/mol. The second kappa shape index (κ2) is 5.84. The first-order valence-corrected chi connectivity index (χ1v) is 9.49. The average molecular weight is 363 g/mol. The van der Waals surface area contributed by atoms with Crippen LogP contribution in [0, 0.1) is 5.92 Å². The molecular weight excluding hydrogens is 342 g/mol. The van der Waals surface area contributed by atoms with E-state index in [-0.39, 0.29) is 18.4 Å². The van der Waals surface area contributed by atoms with E-state index in [4.69, 9.17) is 4.74 Å². The van der Waals surface area contributed by atoms with Crippen LogP contribution in [-0.2, 0) is 9.53 Å². The van der Waals surface area contributed by atoms with Gasteiger partial charge in [0.15, 0.2) is 0 Å². The van der Waals surface area contributed by atoms with Gasteiger partial charge in [0.1, 0.15) is 12.1 Å². The summed E-state index contributed by atoms with van der Waals surface area (Å²) in [6.45, 7) is 0.684. The molecule has 1 saturated heterocycles. The van der Waals surface area contributed by atoms with Crippen LogP contribution in [0.5, 0.6) is 0 Å². The van der Waals surface area contributed by atoms with E-state index in [1.54, 1.807) is 0 Å². The molecule has 27 heavy (non-hydrogen) atoms. The minimum absolute atomic E-state index is 0.0121. The molecule has 2 aliphatic carbocycles. The minimum Gasteiger partial charge on any atom is -0.479 e. The van der Waals surface area contributed by atoms with E-state index in [2.05, 4.69) is 24.3 Å². The molecule has 2 atom stereocenters. The number of amides is 1. The number of ether oxygens (including phenoxy) is 1. The van der Waals surface area contributed by atoms with Gasteiger partial charge in [-0.05, 0) is 47.4 Å². The Morgan fingerprint density at radius 2 is 1.70 bits per heavy atom. The summed E-state index contributed by atoms with van der Waals surface area (Å²) in [5.41, 5.74) is 3.64. The topological polar surface area (TPSA) is 66.8 Å². The highest BCUT2D eigenvalue weighted by molar-refractivity contribution is 5.88. The lowest BCUT2D eigenvalue weighted by molar-refractivity contribution is -0.146. The van der Waals surface area contributed by atoms with Gasteiger partial charge in [0, 0.05) is 12.5 Å². The highest BCUT2D eigenvalue weighted by Gasteiger charge is 2.67. The van der Waals surface area contributed by atoms with Crippen molar-refractivity contribution in [3.8, 4) is 11.1 Å². The quantitative estimate of drug-likeness (QED) is 0.899. The van der Waals surface area contributed by atoms with Crippen molar-refractivity contribution in [3.05, 3.63) is 59.7 Å². The fourth-order valence-electron chi connectivity index (χ4n) is 4.99. The summed E-state index contributed by atoms with van der Waals surface area (Å²) in [5, 5.41) is 9.65. The summed E-state index contributed by atoms with van der Waals surface area (Å²) in [7, 11) is 0. The zero-order valence-electron chi connectivity index (χ0n) is 14.9. The molecule has 2 aromatic carbocycles. The molecule has 2 fully saturated rings. The fourth-order valence-corrected chi connectivity index (χ4v) is 4.99. The SMILES string of the molecule is O=C(OCC1c2ccccc2-c2ccccc21)N1CCC[C@@H]2C[C@@]21C(=O)O. The number of hydrogen-bond acceptors (Lipinski definition) is 3. The standard InChI is InChI=1S/C22H21NO4/c24-20(25)22-12-14(22)6-5-11-23(22)21(26)27-13-19-17-9-3-1-7-15(17)16-8-2-4-10-18(16)19/h1-4,7-10,14,19H,5-6,11-13H2,(H,24,25)/t14-,22+/m1/s1. The van der Waals surface area contributed by atoms with Gasteiger partial charge in [-0.1, -0.05) is 48.5 Å². The molecule has 138 valence electrons. The Morgan fingerprint density at radius 1 is 1.07 bits per heavy atom. The second-order valence-corrected chi connectivity index (χ2v) is 7.73. The Hall–Kier alpha value is -2.82. The van der Waals surface area contributed by atoms with Crippen LogP contribution in [0.4, 0.5) is 4.79 Å². The molecule has 0 radical (unpaired) electrons. The lowest BCUT2D eigenvalue weighted by Crippen LogP contribution is -2.51. The van der Waals surface area contributed by atoms with E-state index in [0.717, 1.165) is 24.0 Å². The molecule has 5 rings (SSSR count). The van der Waals surface area contributed by atoms with Crippen molar-refractivity contribution in [1.29, 1.82) is 0 Å². The zero-order valence-corrected chi connectivity index (χ0v) is 14.9. The Morgan fingerprint density at radius 3 is 2.33 bits per heavy atom. The summed E-state index contributed by atoms with van der Waals surface area (Å²) < 4.78 is 5.68. The molecule has 1 N–H and O–H groups in total. The number of fused-ring (bicyclic) bond motifs is 4. The number of carboxylic acid groups (broad SMARTS) is 1. The van der Waals surface area contributed by atoms with Crippen molar-refractivity contribution in [2.75, 3.05) is 13.2 Å². The van der Waals surface area contributed by atoms with E-state index in [0.29, 0.717) is 13.0 Å². The van der Waals surface area contributed by atoms with Crippen LogP contribution in [0.2, 0.25) is 0 Å². The number of piperidine rings is 1. The summed E-state index contributed by atoms with van der Waals surface area (Å²) in [4.78, 5) is 26.0. The molecule has 0 unspecified atom stereocenters. The van der Waals surface area contributed by atoms with Crippen molar-refractivity contribution in [2.45, 2.75) is 30.7 Å². The predicted octanol–water partition coefficient (Wildman–Crippen LogP) is 3.87. The molecule has 5 nitrogen and oxygen atoms in total. The third-order valence-corrected chi connectivity index (χ3v) is 6.42. The fraction of sp³-hybridized carbons (Fsp3) is 0.364. The Kier molecular flexibility index (Phi) is 3.54. The van der Waals surface area contributed by atoms with Crippen LogP contribution in [-0.4, -0.2) is 40.8 Å². The molecule has 1 aliphatic heterocycles. The molecule has 0 spiro atoms. The number of carbonyl (C=O) groups is 2. The monoisotopic (exact) mass is 363 g/mol. The number of nitrogens with zero attached hydrogens (tertiary/aromatic N) is 1. The van der Waals surface area contributed by atoms with Crippen molar-refractivity contribution < 1.29 is 19.4 Å². The average Bonchev–Trinajstić information content (AvgIpc) is 3.37. The van der Waals surface area contributed by atoms with E-state index in [1.807, 2.05) is 24.3 Å². The van der Waals surface area contributed by atoms with Gasteiger partial charge in [0.2, 0.25) is 0 Å². The first-order valence-electron chi connectivity index (χ1n) is 9.49. The van der Waals surface area contributed by atoms with E-state index < -0.39 is 17.6 Å². The zero-order chi connectivity index (χ0) is 18.6. The highest BCUT2D eigenvalue weighted by Crippen LogP contribution is 2.54. The number of hydrogen-bond donors (Lipinski definition) is 1. The smallest absolute Gasteiger partial charge is 0.410 e. The number of rotatable bonds is 3. The number of benzene rings is 2. The molecule has 5 heteroatoms. The number of carbonyl (C=O) groups excluding carboxylic acids is 1. The van der Waals surface area contributed by atoms with E-state index >= 15 is 0 Å². The van der Waals surface area contributed by atoms with Crippen LogP contribution >= 0.6 is 0 Å². The lowest BCUT2D eigenvalue weighted by atomic mass is 9.98. The minimum atomic E-state index is -1.03. The van der Waals surface area contributed by atoms with Gasteiger partial charge < -0.3 is 9.84 Å². The molecule has 3 aliphatic rings. The molecular formula is C22H21NO4. The van der Waals surface area contributed by atoms with Gasteiger partial charge in [-0.3, -0.25) is 4.90 Å². The molecule has 0 aromatic heterocycles. The van der Waals surface area contributed by atoms with Gasteiger partial charge in [-0.25, -0.2) is 9.59 Å². The number of likely N-dealkylation sites (tertiary alicyclic amines) is 1. The van der Waals surface area contributed by atoms with Crippen molar-refractivity contribution >= 4 is 12.1 Å². The van der Waals surface area contributed by atoms with Gasteiger partial charge in [-0.2, -0.15) is 0 Å². The van der Waals surface area contributed by atoms with Crippen LogP contribution in [0.1, 0.15) is 36.3 Å². The Bertz CT molecular complexity index is 894. The molecule has 2 aromatic rings. The summed E-state index contributed by atoms with van der Waals surface area (Å²) in [6, 6.07) is 16.4. The van der Waals surface area contributed by atoms with Crippen LogP contribution < -0.4 is 0 Å². The van der Waals surface area contributed by atoms with Crippen molar-refractivity contribution in [3.63, 3.8) is 0 Å². The summed E-state index contributed by atoms with van der Waals surface area (Å²) >= 11 is 0. The third kappa shape index (κ3) is 2.30. The van der Waals surface area contributed by atoms with E-state index in [1.165, 1.54) is 16.0 Å². The number of carboxylic acids is 1. The first kappa shape index (κ1) is 16.4. The molecule has 1 heterocycles. The largest absolute Gasteiger partial charge is 0.479 e. The van der Waals surface area contributed by atoms with Crippen molar-refractivity contribution in [2.24, 2.45) is 5.92 Å².